The van der Waals surface area contributed by atoms with Crippen molar-refractivity contribution in [3.05, 3.63) is 174 Å². The third kappa shape index (κ3) is 9.48. The number of hydrogen-bond donors (Lipinski definition) is 0. The predicted octanol–water partition coefficient (Wildman–Crippen LogP) is 7.74. The average Bonchev–Trinajstić information content (AvgIpc) is 3.67. The quantitative estimate of drug-likeness (QED) is 0.0670. The van der Waals surface area contributed by atoms with Crippen LogP contribution >= 0.6 is 0 Å². The summed E-state index contributed by atoms with van der Waals surface area (Å²) >= 11 is 0. The van der Waals surface area contributed by atoms with E-state index in [-0.39, 0.29) is 28.1 Å². The van der Waals surface area contributed by atoms with Gasteiger partial charge in [-0.1, -0.05) is 186 Å². The van der Waals surface area contributed by atoms with Crippen LogP contribution in [0.3, 0.4) is 0 Å². The van der Waals surface area contributed by atoms with E-state index >= 15 is 0 Å². The van der Waals surface area contributed by atoms with E-state index in [1.807, 2.05) is 72.8 Å². The molecule has 0 aliphatic rings. The molecule has 10 heteroatoms. The van der Waals surface area contributed by atoms with Crippen LogP contribution in [-0.2, 0) is 29.8 Å². The van der Waals surface area contributed by atoms with Crippen molar-refractivity contribution in [2.24, 2.45) is 0 Å². The van der Waals surface area contributed by atoms with Crippen LogP contribution in [0.25, 0.3) is 0 Å². The molecule has 294 valence electrons. The molecule has 1 unspecified atom stereocenters. The molecule has 0 bridgehead atoms. The van der Waals surface area contributed by atoms with Crippen molar-refractivity contribution in [1.29, 1.82) is 0 Å². The van der Waals surface area contributed by atoms with E-state index in [2.05, 4.69) is 131 Å². The maximum Gasteiger partial charge on any atom is 0.265 e. The van der Waals surface area contributed by atoms with Crippen LogP contribution in [0.15, 0.2) is 156 Å². The van der Waals surface area contributed by atoms with Gasteiger partial charge < -0.3 is 13.4 Å². The van der Waals surface area contributed by atoms with Crippen LogP contribution in [0.5, 0.6) is 0 Å². The van der Waals surface area contributed by atoms with Gasteiger partial charge in [0.05, 0.1) is 19.5 Å². The zero-order valence-electron chi connectivity index (χ0n) is 33.7. The molecule has 0 amide bonds. The van der Waals surface area contributed by atoms with Crippen molar-refractivity contribution >= 4 is 47.5 Å². The molecule has 1 atom stereocenters. The van der Waals surface area contributed by atoms with Crippen molar-refractivity contribution in [2.75, 3.05) is 12.9 Å². The number of hydrogen-bond acceptors (Lipinski definition) is 7. The monoisotopic (exact) mass is 813 g/mol. The first-order valence-corrected chi connectivity index (χ1v) is 24.7. The van der Waals surface area contributed by atoms with E-state index in [0.717, 1.165) is 27.8 Å². The van der Waals surface area contributed by atoms with Gasteiger partial charge in [0.25, 0.3) is 26.8 Å². The second kappa shape index (κ2) is 17.3. The topological polar surface area (TPSA) is 87.9 Å². The fraction of sp³-hybridized carbons (Fsp3) is 0.255. The molecule has 6 aromatic rings. The third-order valence-electron chi connectivity index (χ3n) is 10.2. The lowest BCUT2D eigenvalue weighted by molar-refractivity contribution is 0.124. The lowest BCUT2D eigenvalue weighted by atomic mass is 10.1. The summed E-state index contributed by atoms with van der Waals surface area (Å²) in [6.07, 6.45) is -0.0387. The Morgan fingerprint density at radius 3 is 1.44 bits per heavy atom. The molecule has 0 N–H and O–H groups in total. The highest BCUT2D eigenvalue weighted by molar-refractivity contribution is 7.86. The minimum atomic E-state index is -3.90. The SMILES string of the molecule is CC(C)(C)[Si](OCc1ccc(C#Cc2cc(C(CO[Si](c3ccccc3)(c3ccccc3)C(C)(C)C)OS(C)(=O)=O)no2)cc1)(c1ccccc1)c1ccccc1. The molecule has 1 heterocycles. The molecule has 0 aliphatic carbocycles. The number of aromatic nitrogens is 1. The zero-order chi connectivity index (χ0) is 40.7. The van der Waals surface area contributed by atoms with Crippen LogP contribution in [0.4, 0.5) is 0 Å². The molecule has 7 nitrogen and oxygen atoms in total. The van der Waals surface area contributed by atoms with Gasteiger partial charge in [-0.05, 0) is 54.4 Å². The highest BCUT2D eigenvalue weighted by Gasteiger charge is 2.51. The van der Waals surface area contributed by atoms with Gasteiger partial charge in [0.15, 0.2) is 0 Å². The van der Waals surface area contributed by atoms with E-state index in [9.17, 15) is 8.42 Å². The Kier molecular flexibility index (Phi) is 12.7. The summed E-state index contributed by atoms with van der Waals surface area (Å²) in [7, 11) is -9.59. The summed E-state index contributed by atoms with van der Waals surface area (Å²) < 4.78 is 50.4. The van der Waals surface area contributed by atoms with Gasteiger partial charge in [0.1, 0.15) is 11.8 Å². The molecule has 0 saturated heterocycles. The van der Waals surface area contributed by atoms with Crippen molar-refractivity contribution in [2.45, 2.75) is 64.3 Å². The summed E-state index contributed by atoms with van der Waals surface area (Å²) in [5.74, 6) is 6.48. The van der Waals surface area contributed by atoms with E-state index in [4.69, 9.17) is 17.6 Å². The normalized spacial score (nSPS) is 13.1. The molecule has 0 spiro atoms. The lowest BCUT2D eigenvalue weighted by Gasteiger charge is -2.43. The Labute approximate surface area is 340 Å². The van der Waals surface area contributed by atoms with Crippen molar-refractivity contribution in [3.63, 3.8) is 0 Å². The number of benzene rings is 5. The zero-order valence-corrected chi connectivity index (χ0v) is 36.5. The average molecular weight is 814 g/mol. The van der Waals surface area contributed by atoms with E-state index in [0.29, 0.717) is 6.61 Å². The Morgan fingerprint density at radius 2 is 1.04 bits per heavy atom. The molecular formula is C47H51NO6SSi2. The Morgan fingerprint density at radius 1 is 0.614 bits per heavy atom. The van der Waals surface area contributed by atoms with E-state index in [1.54, 1.807) is 6.07 Å². The molecule has 0 saturated carbocycles. The summed E-state index contributed by atoms with van der Waals surface area (Å²) in [6, 6.07) is 51.1. The second-order valence-corrected chi connectivity index (χ2v) is 26.5. The van der Waals surface area contributed by atoms with Gasteiger partial charge >= 0.3 is 0 Å². The van der Waals surface area contributed by atoms with Gasteiger partial charge in [-0.15, -0.1) is 0 Å². The Bertz CT molecular complexity index is 2300. The molecular weight excluding hydrogens is 763 g/mol. The maximum atomic E-state index is 12.6. The number of rotatable bonds is 13. The smallest absolute Gasteiger partial charge is 0.265 e. The lowest BCUT2D eigenvalue weighted by Crippen LogP contribution is -2.66. The summed E-state index contributed by atoms with van der Waals surface area (Å²) in [4.78, 5) is 0. The highest BCUT2D eigenvalue weighted by Crippen LogP contribution is 2.39. The predicted molar refractivity (Wildman–Crippen MR) is 234 cm³/mol. The standard InChI is InChI=1S/C47H51NO6SSi2/c1-46(2,3)56(40-20-12-8-13-21-40,41-22-14-9-15-23-41)51-35-38-30-28-37(29-31-38)32-33-39-34-44(48-53-39)45(54-55(7,49)50)36-52-57(47(4,5)6,42-24-16-10-17-25-42)43-26-18-11-19-27-43/h8-31,34,45H,35-36H2,1-7H3. The highest BCUT2D eigenvalue weighted by atomic mass is 32.2. The van der Waals surface area contributed by atoms with E-state index in [1.165, 1.54) is 10.4 Å². The number of nitrogens with zero attached hydrogens (tertiary/aromatic N) is 1. The Hall–Kier alpha value is -4.87. The fourth-order valence-corrected chi connectivity index (χ4v) is 17.3. The van der Waals surface area contributed by atoms with Crippen molar-refractivity contribution in [1.82, 2.24) is 5.16 Å². The van der Waals surface area contributed by atoms with Gasteiger partial charge in [0, 0.05) is 11.6 Å². The summed E-state index contributed by atoms with van der Waals surface area (Å²) in [5, 5.41) is 8.35. The van der Waals surface area contributed by atoms with Gasteiger partial charge in [0.2, 0.25) is 5.76 Å². The molecule has 0 fully saturated rings. The van der Waals surface area contributed by atoms with Crippen LogP contribution in [-0.4, -0.2) is 43.1 Å². The minimum absolute atomic E-state index is 0.0722. The molecule has 6 rings (SSSR count). The third-order valence-corrected chi connectivity index (χ3v) is 20.7. The van der Waals surface area contributed by atoms with Gasteiger partial charge in [-0.25, -0.2) is 0 Å². The van der Waals surface area contributed by atoms with Crippen LogP contribution in [0, 0.1) is 11.8 Å². The van der Waals surface area contributed by atoms with Crippen LogP contribution in [0.1, 0.15) is 70.2 Å². The van der Waals surface area contributed by atoms with Crippen LogP contribution in [0.2, 0.25) is 10.1 Å². The summed E-state index contributed by atoms with van der Waals surface area (Å²) in [5.41, 5.74) is 2.09. The molecule has 0 aliphatic heterocycles. The van der Waals surface area contributed by atoms with Crippen molar-refractivity contribution in [3.8, 4) is 11.8 Å². The fourth-order valence-electron chi connectivity index (χ4n) is 7.61. The second-order valence-electron chi connectivity index (χ2n) is 16.3. The maximum absolute atomic E-state index is 12.6. The molecule has 57 heavy (non-hydrogen) atoms. The minimum Gasteiger partial charge on any atom is -0.404 e. The summed E-state index contributed by atoms with van der Waals surface area (Å²) in [6.45, 7) is 13.7. The molecule has 0 radical (unpaired) electrons. The molecule has 1 aromatic heterocycles. The van der Waals surface area contributed by atoms with E-state index < -0.39 is 32.9 Å². The first-order valence-electron chi connectivity index (χ1n) is 19.1. The first-order chi connectivity index (χ1) is 27.1. The first kappa shape index (κ1) is 41.8. The van der Waals surface area contributed by atoms with Crippen LogP contribution < -0.4 is 20.7 Å². The Balaban J connectivity index is 1.22. The molecule has 5 aromatic carbocycles. The largest absolute Gasteiger partial charge is 0.404 e. The van der Waals surface area contributed by atoms with Gasteiger partial charge in [-0.3, -0.25) is 4.18 Å². The van der Waals surface area contributed by atoms with Gasteiger partial charge in [-0.2, -0.15) is 8.42 Å². The van der Waals surface area contributed by atoms with Crippen molar-refractivity contribution < 1.29 is 26.0 Å².